The number of nitrogens with zero attached hydrogens (tertiary/aromatic N) is 1. The first-order valence-electron chi connectivity index (χ1n) is 12.2. The summed E-state index contributed by atoms with van der Waals surface area (Å²) < 4.78 is 5.43. The second kappa shape index (κ2) is 16.7. The van der Waals surface area contributed by atoms with Crippen molar-refractivity contribution in [2.75, 3.05) is 33.3 Å². The molecular weight excluding hydrogens is 448 g/mol. The summed E-state index contributed by atoms with van der Waals surface area (Å²) in [6.07, 6.45) is 7.29. The van der Waals surface area contributed by atoms with Crippen LogP contribution in [0.4, 0.5) is 0 Å². The molecule has 1 aromatic carbocycles. The van der Waals surface area contributed by atoms with Crippen molar-refractivity contribution in [3.8, 4) is 5.75 Å². The number of ether oxygens (including phenoxy) is 1. The number of carbonyl (C=O) groups is 3. The van der Waals surface area contributed by atoms with Gasteiger partial charge >= 0.3 is 5.97 Å². The number of carbonyl (C=O) groups excluding carboxylic acids is 2. The number of aliphatic carboxylic acids is 1. The number of nitrogens with one attached hydrogen (secondary N) is 1. The summed E-state index contributed by atoms with van der Waals surface area (Å²) in [6, 6.07) is 5.08. The molecule has 0 heterocycles. The number of nitrogens with two attached hydrogens (primary N) is 2. The third-order valence-corrected chi connectivity index (χ3v) is 5.54. The van der Waals surface area contributed by atoms with Crippen LogP contribution in [0.3, 0.4) is 0 Å². The summed E-state index contributed by atoms with van der Waals surface area (Å²) in [6.45, 7) is 5.73. The molecule has 0 radical (unpaired) electrons. The fourth-order valence-corrected chi connectivity index (χ4v) is 3.67. The number of allylic oxidation sites excluding steroid dienone is 2. The standard InChI is InChI=1S/C26H42N4O5/c1-19(2)8-6-4-5-7-9-24(31)29-18-20-10-11-21(23(16-20)35-3)22(26(33)34)17-25(32)30(14-12-27)15-13-28/h6,8,10-11,16,19,22H,4-5,7,9,12-15,17-18,27-28H2,1-3H3,(H,29,31)(H,33,34)/b8-6+. The average Bonchev–Trinajstić information content (AvgIpc) is 2.82. The lowest BCUT2D eigenvalue weighted by Gasteiger charge is -2.24. The van der Waals surface area contributed by atoms with Gasteiger partial charge in [-0.05, 0) is 36.8 Å². The number of hydrogen-bond acceptors (Lipinski definition) is 6. The number of methoxy groups -OCH3 is 1. The second-order valence-corrected chi connectivity index (χ2v) is 8.82. The summed E-state index contributed by atoms with van der Waals surface area (Å²) in [4.78, 5) is 38.3. The Balaban J connectivity index is 2.76. The number of rotatable bonds is 17. The lowest BCUT2D eigenvalue weighted by molar-refractivity contribution is -0.142. The van der Waals surface area contributed by atoms with Gasteiger partial charge < -0.3 is 31.5 Å². The quantitative estimate of drug-likeness (QED) is 0.193. The lowest BCUT2D eigenvalue weighted by atomic mass is 9.93. The number of amides is 2. The Labute approximate surface area is 208 Å². The molecule has 0 bridgehead atoms. The molecule has 0 aliphatic rings. The Morgan fingerprint density at radius 3 is 2.40 bits per heavy atom. The highest BCUT2D eigenvalue weighted by atomic mass is 16.5. The van der Waals surface area contributed by atoms with Gasteiger partial charge in [-0.3, -0.25) is 14.4 Å². The van der Waals surface area contributed by atoms with E-state index in [1.807, 2.05) is 0 Å². The van der Waals surface area contributed by atoms with Crippen molar-refractivity contribution in [2.45, 2.75) is 58.4 Å². The van der Waals surface area contributed by atoms with E-state index in [9.17, 15) is 19.5 Å². The van der Waals surface area contributed by atoms with Gasteiger partial charge in [0, 0.05) is 51.1 Å². The molecule has 196 valence electrons. The van der Waals surface area contributed by atoms with Crippen LogP contribution in [0.2, 0.25) is 0 Å². The minimum absolute atomic E-state index is 0.0326. The molecule has 1 rings (SSSR count). The zero-order chi connectivity index (χ0) is 26.2. The Morgan fingerprint density at radius 2 is 1.83 bits per heavy atom. The summed E-state index contributed by atoms with van der Waals surface area (Å²) in [5.74, 6) is -1.67. The minimum atomic E-state index is -1.12. The van der Waals surface area contributed by atoms with Crippen molar-refractivity contribution < 1.29 is 24.2 Å². The molecule has 0 fully saturated rings. The van der Waals surface area contributed by atoms with Crippen molar-refractivity contribution >= 4 is 17.8 Å². The van der Waals surface area contributed by atoms with Crippen molar-refractivity contribution in [1.82, 2.24) is 10.2 Å². The number of benzene rings is 1. The maximum atomic E-state index is 12.7. The fourth-order valence-electron chi connectivity index (χ4n) is 3.67. The van der Waals surface area contributed by atoms with E-state index in [1.54, 1.807) is 18.2 Å². The second-order valence-electron chi connectivity index (χ2n) is 8.82. The highest BCUT2D eigenvalue weighted by Crippen LogP contribution is 2.31. The molecule has 6 N–H and O–H groups in total. The lowest BCUT2D eigenvalue weighted by Crippen LogP contribution is -2.40. The summed E-state index contributed by atoms with van der Waals surface area (Å²) in [5, 5.41) is 12.7. The van der Waals surface area contributed by atoms with Gasteiger partial charge in [0.2, 0.25) is 11.8 Å². The Kier molecular flexibility index (Phi) is 14.3. The molecular formula is C26H42N4O5. The van der Waals surface area contributed by atoms with Crippen LogP contribution in [0.1, 0.15) is 63.0 Å². The van der Waals surface area contributed by atoms with E-state index in [1.165, 1.54) is 12.0 Å². The Hall–Kier alpha value is -2.91. The largest absolute Gasteiger partial charge is 0.496 e. The molecule has 0 aliphatic heterocycles. The predicted octanol–water partition coefficient (Wildman–Crippen LogP) is 2.39. The number of carboxylic acids is 1. The molecule has 2 amide bonds. The van der Waals surface area contributed by atoms with Gasteiger partial charge in [-0.15, -0.1) is 0 Å². The van der Waals surface area contributed by atoms with Crippen molar-refractivity contribution in [3.05, 3.63) is 41.5 Å². The maximum absolute atomic E-state index is 12.7. The molecule has 1 atom stereocenters. The molecule has 0 saturated carbocycles. The van der Waals surface area contributed by atoms with Gasteiger partial charge in [-0.25, -0.2) is 0 Å². The van der Waals surface area contributed by atoms with E-state index < -0.39 is 11.9 Å². The average molecular weight is 491 g/mol. The predicted molar refractivity (Wildman–Crippen MR) is 137 cm³/mol. The fraction of sp³-hybridized carbons (Fsp3) is 0.577. The van der Waals surface area contributed by atoms with Crippen molar-refractivity contribution in [1.29, 1.82) is 0 Å². The van der Waals surface area contributed by atoms with Crippen molar-refractivity contribution in [2.24, 2.45) is 17.4 Å². The molecule has 35 heavy (non-hydrogen) atoms. The van der Waals surface area contributed by atoms with E-state index >= 15 is 0 Å². The van der Waals surface area contributed by atoms with Crippen LogP contribution in [0.25, 0.3) is 0 Å². The molecule has 9 nitrogen and oxygen atoms in total. The Bertz CT molecular complexity index is 835. The molecule has 0 spiro atoms. The third kappa shape index (κ3) is 11.4. The maximum Gasteiger partial charge on any atom is 0.311 e. The van der Waals surface area contributed by atoms with Gasteiger partial charge in [0.05, 0.1) is 13.0 Å². The number of hydrogen-bond donors (Lipinski definition) is 4. The molecule has 1 aromatic rings. The first-order valence-corrected chi connectivity index (χ1v) is 12.2. The van der Waals surface area contributed by atoms with Gasteiger partial charge in [0.25, 0.3) is 0 Å². The molecule has 9 heteroatoms. The molecule has 0 aromatic heterocycles. The van der Waals surface area contributed by atoms with Crippen LogP contribution in [-0.4, -0.2) is 61.1 Å². The van der Waals surface area contributed by atoms with Gasteiger partial charge in [0.1, 0.15) is 5.75 Å². The molecule has 0 aliphatic carbocycles. The smallest absolute Gasteiger partial charge is 0.311 e. The van der Waals surface area contributed by atoms with Crippen LogP contribution in [0.15, 0.2) is 30.4 Å². The van der Waals surface area contributed by atoms with E-state index in [0.29, 0.717) is 43.3 Å². The molecule has 1 unspecified atom stereocenters. The van der Waals surface area contributed by atoms with Crippen molar-refractivity contribution in [3.63, 3.8) is 0 Å². The minimum Gasteiger partial charge on any atom is -0.496 e. The van der Waals surface area contributed by atoms with E-state index in [4.69, 9.17) is 16.2 Å². The van der Waals surface area contributed by atoms with Crippen LogP contribution in [0.5, 0.6) is 5.75 Å². The summed E-state index contributed by atoms with van der Waals surface area (Å²) >= 11 is 0. The monoisotopic (exact) mass is 490 g/mol. The third-order valence-electron chi connectivity index (χ3n) is 5.54. The van der Waals surface area contributed by atoms with Gasteiger partial charge in [-0.1, -0.05) is 38.1 Å². The number of unbranched alkanes of at least 4 members (excludes halogenated alkanes) is 2. The first kappa shape index (κ1) is 30.1. The first-order chi connectivity index (χ1) is 16.7. The Morgan fingerprint density at radius 1 is 1.14 bits per heavy atom. The van der Waals surface area contributed by atoms with Gasteiger partial charge in [0.15, 0.2) is 0 Å². The number of carboxylic acid groups (broad SMARTS) is 1. The zero-order valence-corrected chi connectivity index (χ0v) is 21.3. The van der Waals surface area contributed by atoms with Crippen LogP contribution in [-0.2, 0) is 20.9 Å². The van der Waals surface area contributed by atoms with E-state index in [2.05, 4.69) is 31.3 Å². The van der Waals surface area contributed by atoms with Gasteiger partial charge in [-0.2, -0.15) is 0 Å². The highest BCUT2D eigenvalue weighted by Gasteiger charge is 2.28. The summed E-state index contributed by atoms with van der Waals surface area (Å²) in [5.41, 5.74) is 12.3. The molecule has 0 saturated heterocycles. The van der Waals surface area contributed by atoms with E-state index in [-0.39, 0.29) is 31.3 Å². The summed E-state index contributed by atoms with van der Waals surface area (Å²) in [7, 11) is 1.45. The van der Waals surface area contributed by atoms with Crippen LogP contribution < -0.4 is 21.5 Å². The zero-order valence-electron chi connectivity index (χ0n) is 21.3. The topological polar surface area (TPSA) is 148 Å². The SMILES string of the molecule is COc1cc(CNC(=O)CCCC/C=C/C(C)C)ccc1C(CC(=O)N(CCN)CCN)C(=O)O. The van der Waals surface area contributed by atoms with Crippen LogP contribution in [0, 0.1) is 5.92 Å². The van der Waals surface area contributed by atoms with E-state index in [0.717, 1.165) is 24.8 Å². The highest BCUT2D eigenvalue weighted by molar-refractivity contribution is 5.86. The van der Waals surface area contributed by atoms with Crippen LogP contribution >= 0.6 is 0 Å². The normalized spacial score (nSPS) is 12.1.